The van der Waals surface area contributed by atoms with Crippen LogP contribution < -0.4 is 5.32 Å². The van der Waals surface area contributed by atoms with Gasteiger partial charge in [0.2, 0.25) is 0 Å². The summed E-state index contributed by atoms with van der Waals surface area (Å²) in [5.74, 6) is 0.499. The molecule has 0 aromatic heterocycles. The summed E-state index contributed by atoms with van der Waals surface area (Å²) in [5, 5.41) is 12.6. The van der Waals surface area contributed by atoms with Crippen molar-refractivity contribution >= 4 is 0 Å². The van der Waals surface area contributed by atoms with Crippen molar-refractivity contribution in [2.24, 2.45) is 5.92 Å². The van der Waals surface area contributed by atoms with E-state index in [2.05, 4.69) is 5.32 Å². The Bertz CT molecular complexity index is 341. The molecule has 3 heteroatoms. The number of aromatic hydroxyl groups is 1. The van der Waals surface area contributed by atoms with Gasteiger partial charge >= 0.3 is 0 Å². The summed E-state index contributed by atoms with van der Waals surface area (Å²) in [6.45, 7) is 1.60. The zero-order chi connectivity index (χ0) is 12.1. The van der Waals surface area contributed by atoms with Gasteiger partial charge in [0.1, 0.15) is 11.6 Å². The Morgan fingerprint density at radius 2 is 2.00 bits per heavy atom. The Morgan fingerprint density at radius 3 is 2.71 bits per heavy atom. The topological polar surface area (TPSA) is 32.3 Å². The molecule has 0 spiro atoms. The van der Waals surface area contributed by atoms with Gasteiger partial charge in [0.05, 0.1) is 0 Å². The van der Waals surface area contributed by atoms with Gasteiger partial charge in [-0.2, -0.15) is 0 Å². The molecule has 17 heavy (non-hydrogen) atoms. The zero-order valence-corrected chi connectivity index (χ0v) is 10.1. The normalized spacial score (nSPS) is 16.5. The predicted molar refractivity (Wildman–Crippen MR) is 66.3 cm³/mol. The summed E-state index contributed by atoms with van der Waals surface area (Å²) in [5.41, 5.74) is 0.800. The average molecular weight is 237 g/mol. The molecule has 1 saturated carbocycles. The molecule has 0 atom stereocenters. The fraction of sp³-hybridized carbons (Fsp3) is 0.571. The summed E-state index contributed by atoms with van der Waals surface area (Å²) in [6.07, 6.45) is 6.69. The number of halogens is 1. The molecule has 94 valence electrons. The number of rotatable bonds is 5. The number of hydrogen-bond donors (Lipinski definition) is 2. The van der Waals surface area contributed by atoms with Crippen LogP contribution in [0.25, 0.3) is 0 Å². The molecule has 1 aliphatic carbocycles. The number of phenols is 1. The van der Waals surface area contributed by atoms with Crippen LogP contribution in [-0.4, -0.2) is 11.7 Å². The molecule has 0 amide bonds. The monoisotopic (exact) mass is 237 g/mol. The van der Waals surface area contributed by atoms with Crippen molar-refractivity contribution in [3.05, 3.63) is 29.6 Å². The lowest BCUT2D eigenvalue weighted by molar-refractivity contribution is 0.464. The molecule has 0 bridgehead atoms. The third-order valence-electron chi connectivity index (χ3n) is 3.48. The van der Waals surface area contributed by atoms with Gasteiger partial charge in [-0.1, -0.05) is 25.7 Å². The highest BCUT2D eigenvalue weighted by Crippen LogP contribution is 2.26. The largest absolute Gasteiger partial charge is 0.508 e. The van der Waals surface area contributed by atoms with Gasteiger partial charge in [0.15, 0.2) is 0 Å². The first kappa shape index (κ1) is 12.4. The lowest BCUT2D eigenvalue weighted by atomic mass is 10.0. The number of benzene rings is 1. The minimum atomic E-state index is -0.377. The lowest BCUT2D eigenvalue weighted by Crippen LogP contribution is -2.17. The van der Waals surface area contributed by atoms with Crippen LogP contribution >= 0.6 is 0 Å². The third kappa shape index (κ3) is 4.00. The number of hydrogen-bond acceptors (Lipinski definition) is 2. The molecule has 1 aromatic rings. The smallest absolute Gasteiger partial charge is 0.127 e. The highest BCUT2D eigenvalue weighted by atomic mass is 19.1. The quantitative estimate of drug-likeness (QED) is 0.771. The maximum Gasteiger partial charge on any atom is 0.127 e. The zero-order valence-electron chi connectivity index (χ0n) is 10.1. The summed E-state index contributed by atoms with van der Waals surface area (Å²) in [7, 11) is 0. The van der Waals surface area contributed by atoms with Crippen LogP contribution in [0.4, 0.5) is 4.39 Å². The van der Waals surface area contributed by atoms with Crippen molar-refractivity contribution in [2.75, 3.05) is 6.54 Å². The summed E-state index contributed by atoms with van der Waals surface area (Å²) in [6, 6.07) is 4.19. The van der Waals surface area contributed by atoms with Crippen molar-refractivity contribution in [1.82, 2.24) is 5.32 Å². The van der Waals surface area contributed by atoms with Gasteiger partial charge in [-0.3, -0.25) is 0 Å². The summed E-state index contributed by atoms with van der Waals surface area (Å²) < 4.78 is 13.0. The van der Waals surface area contributed by atoms with E-state index in [1.165, 1.54) is 38.2 Å². The van der Waals surface area contributed by atoms with Gasteiger partial charge in [-0.15, -0.1) is 0 Å². The van der Waals surface area contributed by atoms with E-state index < -0.39 is 0 Å². The van der Waals surface area contributed by atoms with E-state index in [1.54, 1.807) is 6.07 Å². The molecule has 1 fully saturated rings. The van der Waals surface area contributed by atoms with E-state index in [0.717, 1.165) is 24.1 Å². The molecule has 0 unspecified atom stereocenters. The second kappa shape index (κ2) is 6.01. The van der Waals surface area contributed by atoms with Crippen LogP contribution in [0.1, 0.15) is 37.7 Å². The molecule has 2 nitrogen and oxygen atoms in total. The van der Waals surface area contributed by atoms with Gasteiger partial charge in [-0.05, 0) is 36.6 Å². The van der Waals surface area contributed by atoms with Crippen LogP contribution in [0.5, 0.6) is 5.75 Å². The maximum atomic E-state index is 13.0. The van der Waals surface area contributed by atoms with E-state index in [4.69, 9.17) is 0 Å². The van der Waals surface area contributed by atoms with Crippen molar-refractivity contribution in [3.63, 3.8) is 0 Å². The fourth-order valence-corrected chi connectivity index (χ4v) is 2.57. The van der Waals surface area contributed by atoms with Crippen LogP contribution in [0, 0.1) is 11.7 Å². The number of nitrogens with one attached hydrogen (secondary N) is 1. The molecule has 0 heterocycles. The molecule has 0 saturated heterocycles. The minimum Gasteiger partial charge on any atom is -0.508 e. The molecule has 0 radical (unpaired) electrons. The van der Waals surface area contributed by atoms with E-state index in [-0.39, 0.29) is 11.6 Å². The van der Waals surface area contributed by atoms with Crippen molar-refractivity contribution in [2.45, 2.75) is 38.6 Å². The Balaban J connectivity index is 1.70. The molecule has 2 rings (SSSR count). The second-order valence-electron chi connectivity index (χ2n) is 4.93. The Morgan fingerprint density at radius 1 is 1.24 bits per heavy atom. The standard InChI is InChI=1S/C14H20FNO/c15-13-7-12(8-14(17)9-13)10-16-6-5-11-3-1-2-4-11/h7-9,11,16-17H,1-6,10H2. The van der Waals surface area contributed by atoms with E-state index in [0.29, 0.717) is 6.54 Å². The van der Waals surface area contributed by atoms with Gasteiger partial charge in [0.25, 0.3) is 0 Å². The molecular weight excluding hydrogens is 217 g/mol. The fourth-order valence-electron chi connectivity index (χ4n) is 2.57. The minimum absolute atomic E-state index is 0.00223. The van der Waals surface area contributed by atoms with Crippen LogP contribution in [0.2, 0.25) is 0 Å². The summed E-state index contributed by atoms with van der Waals surface area (Å²) in [4.78, 5) is 0. The first-order valence-corrected chi connectivity index (χ1v) is 6.43. The molecule has 1 aliphatic rings. The van der Waals surface area contributed by atoms with Gasteiger partial charge < -0.3 is 10.4 Å². The lowest BCUT2D eigenvalue weighted by Gasteiger charge is -2.10. The highest BCUT2D eigenvalue weighted by molar-refractivity contribution is 5.28. The molecule has 2 N–H and O–H groups in total. The van der Waals surface area contributed by atoms with Crippen molar-refractivity contribution < 1.29 is 9.50 Å². The van der Waals surface area contributed by atoms with Gasteiger partial charge in [-0.25, -0.2) is 4.39 Å². The molecule has 1 aromatic carbocycles. The predicted octanol–water partition coefficient (Wildman–Crippen LogP) is 3.20. The van der Waals surface area contributed by atoms with E-state index in [1.807, 2.05) is 0 Å². The SMILES string of the molecule is Oc1cc(F)cc(CNCCC2CCCC2)c1. The van der Waals surface area contributed by atoms with Crippen LogP contribution in [-0.2, 0) is 6.54 Å². The van der Waals surface area contributed by atoms with E-state index >= 15 is 0 Å². The van der Waals surface area contributed by atoms with Crippen molar-refractivity contribution in [1.29, 1.82) is 0 Å². The Kier molecular flexibility index (Phi) is 4.37. The average Bonchev–Trinajstić information content (AvgIpc) is 2.76. The Labute approximate surface area is 102 Å². The highest BCUT2D eigenvalue weighted by Gasteiger charge is 2.13. The number of phenolic OH excluding ortho intramolecular Hbond substituents is 1. The van der Waals surface area contributed by atoms with Gasteiger partial charge in [0, 0.05) is 12.6 Å². The van der Waals surface area contributed by atoms with E-state index in [9.17, 15) is 9.50 Å². The Hall–Kier alpha value is -1.09. The molecular formula is C14H20FNO. The second-order valence-corrected chi connectivity index (χ2v) is 4.93. The first-order chi connectivity index (χ1) is 8.24. The maximum absolute atomic E-state index is 13.0. The molecule has 0 aliphatic heterocycles. The van der Waals surface area contributed by atoms with Crippen LogP contribution in [0.15, 0.2) is 18.2 Å². The third-order valence-corrected chi connectivity index (χ3v) is 3.48. The first-order valence-electron chi connectivity index (χ1n) is 6.43. The van der Waals surface area contributed by atoms with Crippen LogP contribution in [0.3, 0.4) is 0 Å². The van der Waals surface area contributed by atoms with Crippen molar-refractivity contribution in [3.8, 4) is 5.75 Å². The summed E-state index contributed by atoms with van der Waals surface area (Å²) >= 11 is 0.